The summed E-state index contributed by atoms with van der Waals surface area (Å²) < 4.78 is 26.7. The summed E-state index contributed by atoms with van der Waals surface area (Å²) in [7, 11) is -3.62. The van der Waals surface area contributed by atoms with Crippen LogP contribution in [0.25, 0.3) is 10.9 Å². The van der Waals surface area contributed by atoms with Crippen LogP contribution in [0.2, 0.25) is 0 Å². The second-order valence-corrected chi connectivity index (χ2v) is 8.26. The van der Waals surface area contributed by atoms with Crippen molar-refractivity contribution in [2.45, 2.75) is 11.4 Å². The zero-order valence-electron chi connectivity index (χ0n) is 14.6. The number of sulfonamides is 1. The maximum Gasteiger partial charge on any atom is 0.272 e. The lowest BCUT2D eigenvalue weighted by Crippen LogP contribution is -2.37. The first-order valence-corrected chi connectivity index (χ1v) is 10.1. The lowest BCUT2D eigenvalue weighted by molar-refractivity contribution is 0.0759. The third-order valence-electron chi connectivity index (χ3n) is 4.65. The van der Waals surface area contributed by atoms with E-state index in [1.807, 2.05) is 30.3 Å². The molecule has 0 saturated carbocycles. The molecule has 3 heterocycles. The zero-order chi connectivity index (χ0) is 18.9. The molecule has 1 aliphatic heterocycles. The van der Waals surface area contributed by atoms with E-state index >= 15 is 0 Å². The topological polar surface area (TPSA) is 99.3 Å². The minimum absolute atomic E-state index is 0.0680. The normalized spacial score (nSPS) is 16.4. The Hall–Kier alpha value is -2.78. The molecule has 140 valence electrons. The van der Waals surface area contributed by atoms with Gasteiger partial charge in [0.1, 0.15) is 5.69 Å². The van der Waals surface area contributed by atoms with Crippen molar-refractivity contribution in [1.29, 1.82) is 0 Å². The standard InChI is InChI=1S/C18H19N5O3S/c24-18(16-7-6-14-4-1-2-5-15(14)21-16)22-8-3-9-23(11-10-22)27(25,26)17-12-19-13-20-17/h1-2,4-7,12-13H,3,8-11H2,(H,19,20). The molecule has 3 aromatic rings. The highest BCUT2D eigenvalue weighted by molar-refractivity contribution is 7.89. The number of nitrogens with zero attached hydrogens (tertiary/aromatic N) is 4. The summed E-state index contributed by atoms with van der Waals surface area (Å²) in [5.74, 6) is -0.179. The quantitative estimate of drug-likeness (QED) is 0.736. The largest absolute Gasteiger partial charge is 0.336 e. The molecule has 2 aromatic heterocycles. The number of nitrogens with one attached hydrogen (secondary N) is 1. The number of rotatable bonds is 3. The minimum atomic E-state index is -3.62. The van der Waals surface area contributed by atoms with Crippen LogP contribution in [0.4, 0.5) is 0 Å². The first-order chi connectivity index (χ1) is 13.1. The van der Waals surface area contributed by atoms with Crippen LogP contribution < -0.4 is 0 Å². The second-order valence-electron chi connectivity index (χ2n) is 6.35. The molecule has 4 rings (SSSR count). The number of fused-ring (bicyclic) bond motifs is 1. The van der Waals surface area contributed by atoms with Gasteiger partial charge in [0, 0.05) is 31.6 Å². The van der Waals surface area contributed by atoms with E-state index in [-0.39, 0.29) is 17.5 Å². The van der Waals surface area contributed by atoms with Crippen LogP contribution >= 0.6 is 0 Å². The average molecular weight is 385 g/mol. The Morgan fingerprint density at radius 1 is 1.04 bits per heavy atom. The molecule has 1 aromatic carbocycles. The summed E-state index contributed by atoms with van der Waals surface area (Å²) in [4.78, 5) is 25.4. The Labute approximate surface area is 156 Å². The highest BCUT2D eigenvalue weighted by Crippen LogP contribution is 2.17. The Morgan fingerprint density at radius 2 is 1.89 bits per heavy atom. The second kappa shape index (κ2) is 7.09. The smallest absolute Gasteiger partial charge is 0.272 e. The number of H-pyrrole nitrogens is 1. The molecule has 1 N–H and O–H groups in total. The number of benzene rings is 1. The summed E-state index contributed by atoms with van der Waals surface area (Å²) in [6.07, 6.45) is 3.20. The molecule has 27 heavy (non-hydrogen) atoms. The van der Waals surface area contributed by atoms with Gasteiger partial charge in [-0.05, 0) is 18.6 Å². The summed E-state index contributed by atoms with van der Waals surface area (Å²) >= 11 is 0. The van der Waals surface area contributed by atoms with Crippen molar-refractivity contribution in [3.8, 4) is 0 Å². The van der Waals surface area contributed by atoms with Crippen LogP contribution in [-0.2, 0) is 10.0 Å². The molecule has 0 atom stereocenters. The molecular formula is C18H19N5O3S. The predicted molar refractivity (Wildman–Crippen MR) is 99.6 cm³/mol. The van der Waals surface area contributed by atoms with Crippen molar-refractivity contribution in [2.75, 3.05) is 26.2 Å². The van der Waals surface area contributed by atoms with Crippen molar-refractivity contribution < 1.29 is 13.2 Å². The molecule has 1 amide bonds. The van der Waals surface area contributed by atoms with Gasteiger partial charge < -0.3 is 9.88 Å². The average Bonchev–Trinajstić information content (AvgIpc) is 3.12. The van der Waals surface area contributed by atoms with Crippen molar-refractivity contribution in [3.05, 3.63) is 54.6 Å². The van der Waals surface area contributed by atoms with Gasteiger partial charge in [0.2, 0.25) is 0 Å². The summed E-state index contributed by atoms with van der Waals surface area (Å²) in [6, 6.07) is 11.2. The first kappa shape index (κ1) is 17.6. The van der Waals surface area contributed by atoms with Crippen molar-refractivity contribution in [1.82, 2.24) is 24.2 Å². The number of carbonyl (C=O) groups is 1. The monoisotopic (exact) mass is 385 g/mol. The molecular weight excluding hydrogens is 366 g/mol. The lowest BCUT2D eigenvalue weighted by Gasteiger charge is -2.21. The lowest BCUT2D eigenvalue weighted by atomic mass is 10.2. The molecule has 0 spiro atoms. The van der Waals surface area contributed by atoms with E-state index in [0.29, 0.717) is 31.7 Å². The van der Waals surface area contributed by atoms with Gasteiger partial charge in [-0.1, -0.05) is 24.3 Å². The fraction of sp³-hybridized carbons (Fsp3) is 0.278. The number of hydrogen-bond donors (Lipinski definition) is 1. The number of aromatic nitrogens is 3. The van der Waals surface area contributed by atoms with E-state index in [1.165, 1.54) is 16.8 Å². The fourth-order valence-corrected chi connectivity index (χ4v) is 4.57. The molecule has 0 unspecified atom stereocenters. The maximum absolute atomic E-state index is 12.9. The molecule has 1 aliphatic rings. The van der Waals surface area contributed by atoms with Crippen LogP contribution in [0.5, 0.6) is 0 Å². The van der Waals surface area contributed by atoms with Gasteiger partial charge in [-0.15, -0.1) is 0 Å². The Bertz CT molecular complexity index is 1070. The van der Waals surface area contributed by atoms with E-state index in [2.05, 4.69) is 15.0 Å². The van der Waals surface area contributed by atoms with Gasteiger partial charge in [-0.25, -0.2) is 18.4 Å². The first-order valence-electron chi connectivity index (χ1n) is 8.69. The van der Waals surface area contributed by atoms with Gasteiger partial charge in [0.25, 0.3) is 15.9 Å². The number of hydrogen-bond acceptors (Lipinski definition) is 5. The van der Waals surface area contributed by atoms with Crippen molar-refractivity contribution in [3.63, 3.8) is 0 Å². The number of para-hydroxylation sites is 1. The van der Waals surface area contributed by atoms with Crippen LogP contribution in [0.1, 0.15) is 16.9 Å². The number of amides is 1. The number of imidazole rings is 1. The van der Waals surface area contributed by atoms with Gasteiger partial charge in [-0.2, -0.15) is 4.31 Å². The summed E-state index contributed by atoms with van der Waals surface area (Å²) in [5.41, 5.74) is 1.14. The molecule has 8 nitrogen and oxygen atoms in total. The van der Waals surface area contributed by atoms with E-state index in [9.17, 15) is 13.2 Å². The van der Waals surface area contributed by atoms with Crippen molar-refractivity contribution in [2.24, 2.45) is 0 Å². The molecule has 9 heteroatoms. The highest BCUT2D eigenvalue weighted by Gasteiger charge is 2.29. The Kier molecular flexibility index (Phi) is 4.63. The van der Waals surface area contributed by atoms with Crippen LogP contribution in [0, 0.1) is 0 Å². The Balaban J connectivity index is 1.51. The van der Waals surface area contributed by atoms with E-state index in [1.54, 1.807) is 11.0 Å². The fourth-order valence-electron chi connectivity index (χ4n) is 3.21. The zero-order valence-corrected chi connectivity index (χ0v) is 15.4. The number of pyridine rings is 1. The minimum Gasteiger partial charge on any atom is -0.336 e. The summed E-state index contributed by atoms with van der Waals surface area (Å²) in [5, 5.41) is 1.04. The van der Waals surface area contributed by atoms with Crippen LogP contribution in [0.15, 0.2) is 53.9 Å². The van der Waals surface area contributed by atoms with E-state index < -0.39 is 10.0 Å². The molecule has 1 fully saturated rings. The number of carbonyl (C=O) groups excluding carboxylic acids is 1. The third-order valence-corrected chi connectivity index (χ3v) is 6.47. The summed E-state index contributed by atoms with van der Waals surface area (Å²) in [6.45, 7) is 1.40. The molecule has 0 aliphatic carbocycles. The van der Waals surface area contributed by atoms with E-state index in [4.69, 9.17) is 0 Å². The molecule has 0 radical (unpaired) electrons. The molecule has 0 bridgehead atoms. The number of aromatic amines is 1. The SMILES string of the molecule is O=C(c1ccc2ccccc2n1)N1CCCN(S(=O)(=O)c2cnc[nH]2)CC1. The maximum atomic E-state index is 12.9. The van der Waals surface area contributed by atoms with E-state index in [0.717, 1.165) is 10.9 Å². The van der Waals surface area contributed by atoms with Crippen LogP contribution in [0.3, 0.4) is 0 Å². The van der Waals surface area contributed by atoms with Gasteiger partial charge in [0.15, 0.2) is 5.03 Å². The van der Waals surface area contributed by atoms with Crippen LogP contribution in [-0.4, -0.2) is 64.7 Å². The highest BCUT2D eigenvalue weighted by atomic mass is 32.2. The van der Waals surface area contributed by atoms with Crippen molar-refractivity contribution >= 4 is 26.8 Å². The van der Waals surface area contributed by atoms with Gasteiger partial charge >= 0.3 is 0 Å². The van der Waals surface area contributed by atoms with Gasteiger partial charge in [0.05, 0.1) is 18.0 Å². The third kappa shape index (κ3) is 3.43. The predicted octanol–water partition coefficient (Wildman–Crippen LogP) is 1.49. The van der Waals surface area contributed by atoms with Gasteiger partial charge in [-0.3, -0.25) is 4.79 Å². The molecule has 1 saturated heterocycles. The Morgan fingerprint density at radius 3 is 2.70 bits per heavy atom.